The summed E-state index contributed by atoms with van der Waals surface area (Å²) in [6.07, 6.45) is -1.73. The van der Waals surface area contributed by atoms with E-state index in [0.29, 0.717) is 22.6 Å². The lowest BCUT2D eigenvalue weighted by Gasteiger charge is -2.27. The highest BCUT2D eigenvalue weighted by atomic mass is 35.5. The van der Waals surface area contributed by atoms with E-state index < -0.39 is 18.8 Å². The van der Waals surface area contributed by atoms with E-state index in [1.807, 2.05) is 0 Å². The van der Waals surface area contributed by atoms with Crippen molar-refractivity contribution < 1.29 is 23.4 Å². The van der Waals surface area contributed by atoms with Gasteiger partial charge in [-0.1, -0.05) is 29.8 Å². The van der Waals surface area contributed by atoms with Gasteiger partial charge in [0.15, 0.2) is 5.65 Å². The Balaban J connectivity index is 1.91. The Bertz CT molecular complexity index is 934. The van der Waals surface area contributed by atoms with Crippen LogP contribution in [-0.4, -0.2) is 32.9 Å². The molecule has 0 spiro atoms. The molecule has 1 aliphatic heterocycles. The lowest BCUT2D eigenvalue weighted by Crippen LogP contribution is -2.24. The number of aliphatic hydroxyl groups excluding tert-OH is 1. The third-order valence-electron chi connectivity index (χ3n) is 3.91. The number of ether oxygens (including phenoxy) is 2. The van der Waals surface area contributed by atoms with Gasteiger partial charge in [0.2, 0.25) is 0 Å². The van der Waals surface area contributed by atoms with Crippen molar-refractivity contribution in [3.63, 3.8) is 0 Å². The number of benzene rings is 1. The second-order valence-corrected chi connectivity index (χ2v) is 5.84. The molecule has 1 N–H and O–H groups in total. The number of fused-ring (bicyclic) bond motifs is 3. The Morgan fingerprint density at radius 1 is 1.28 bits per heavy atom. The first kappa shape index (κ1) is 16.2. The van der Waals surface area contributed by atoms with Crippen LogP contribution in [0.1, 0.15) is 29.2 Å². The van der Waals surface area contributed by atoms with Crippen LogP contribution in [0.15, 0.2) is 36.4 Å². The summed E-state index contributed by atoms with van der Waals surface area (Å²) >= 11 is 5.96. The average Bonchev–Trinajstić information content (AvgIpc) is 2.95. The monoisotopic (exact) mass is 367 g/mol. The molecule has 130 valence electrons. The Hall–Kier alpha value is -2.29. The van der Waals surface area contributed by atoms with Gasteiger partial charge in [0.05, 0.1) is 12.3 Å². The second kappa shape index (κ2) is 6.21. The van der Waals surface area contributed by atoms with Gasteiger partial charge in [-0.05, 0) is 18.2 Å². The minimum atomic E-state index is -2.97. The van der Waals surface area contributed by atoms with Gasteiger partial charge in [-0.15, -0.1) is 0 Å². The number of alkyl halides is 2. The Labute approximate surface area is 145 Å². The molecule has 1 aromatic carbocycles. The molecule has 1 aliphatic rings. The number of para-hydroxylation sites is 1. The van der Waals surface area contributed by atoms with E-state index >= 15 is 0 Å². The highest BCUT2D eigenvalue weighted by Gasteiger charge is 2.35. The standard InChI is InChI=1S/C16H12ClF2N3O3/c17-11-5-6-12-20-13-9(23)7-24-15(14(13)22(12)21-11)8-3-1-2-4-10(8)25-16(18)19/h1-6,9,15-16,23H,7H2/t9-,15-/m0/s1. The summed E-state index contributed by atoms with van der Waals surface area (Å²) in [6, 6.07) is 9.55. The molecule has 9 heteroatoms. The molecule has 0 saturated heterocycles. The molecule has 0 amide bonds. The van der Waals surface area contributed by atoms with Crippen molar-refractivity contribution in [3.05, 3.63) is 58.5 Å². The summed E-state index contributed by atoms with van der Waals surface area (Å²) in [4.78, 5) is 4.36. The maximum absolute atomic E-state index is 12.7. The lowest BCUT2D eigenvalue weighted by atomic mass is 10.00. The Kier molecular flexibility index (Phi) is 4.03. The molecule has 3 heterocycles. The largest absolute Gasteiger partial charge is 0.434 e. The molecule has 0 fully saturated rings. The van der Waals surface area contributed by atoms with Crippen molar-refractivity contribution in [2.24, 2.45) is 0 Å². The number of nitrogens with zero attached hydrogens (tertiary/aromatic N) is 3. The van der Waals surface area contributed by atoms with Gasteiger partial charge in [-0.3, -0.25) is 0 Å². The molecular formula is C16H12ClF2N3O3. The molecule has 6 nitrogen and oxygen atoms in total. The minimum absolute atomic E-state index is 0.0122. The topological polar surface area (TPSA) is 68.9 Å². The minimum Gasteiger partial charge on any atom is -0.434 e. The predicted octanol–water partition coefficient (Wildman–Crippen LogP) is 3.14. The zero-order valence-corrected chi connectivity index (χ0v) is 13.4. The summed E-state index contributed by atoms with van der Waals surface area (Å²) in [5, 5.41) is 14.6. The van der Waals surface area contributed by atoms with E-state index in [0.717, 1.165) is 0 Å². The molecule has 2 atom stereocenters. The number of hydrogen-bond acceptors (Lipinski definition) is 5. The van der Waals surface area contributed by atoms with Crippen LogP contribution >= 0.6 is 11.6 Å². The van der Waals surface area contributed by atoms with Gasteiger partial charge in [0.25, 0.3) is 0 Å². The van der Waals surface area contributed by atoms with E-state index in [1.54, 1.807) is 30.3 Å². The van der Waals surface area contributed by atoms with Gasteiger partial charge in [-0.2, -0.15) is 13.9 Å². The summed E-state index contributed by atoms with van der Waals surface area (Å²) in [5.74, 6) is -0.0122. The number of hydrogen-bond donors (Lipinski definition) is 1. The van der Waals surface area contributed by atoms with Crippen LogP contribution in [0.5, 0.6) is 5.75 Å². The Morgan fingerprint density at radius 3 is 2.88 bits per heavy atom. The zero-order valence-electron chi connectivity index (χ0n) is 12.6. The van der Waals surface area contributed by atoms with E-state index in [-0.39, 0.29) is 17.5 Å². The Morgan fingerprint density at radius 2 is 2.08 bits per heavy atom. The van der Waals surface area contributed by atoms with Crippen molar-refractivity contribution in [2.45, 2.75) is 18.8 Å². The molecule has 25 heavy (non-hydrogen) atoms. The third kappa shape index (κ3) is 2.82. The van der Waals surface area contributed by atoms with Crippen LogP contribution in [0.2, 0.25) is 5.15 Å². The van der Waals surface area contributed by atoms with E-state index in [2.05, 4.69) is 14.8 Å². The first-order chi connectivity index (χ1) is 12.0. The van der Waals surface area contributed by atoms with Crippen LogP contribution < -0.4 is 4.74 Å². The van der Waals surface area contributed by atoms with Crippen molar-refractivity contribution in [3.8, 4) is 5.75 Å². The highest BCUT2D eigenvalue weighted by molar-refractivity contribution is 6.29. The van der Waals surface area contributed by atoms with Crippen LogP contribution in [0.25, 0.3) is 5.65 Å². The molecule has 0 bridgehead atoms. The molecule has 0 unspecified atom stereocenters. The molecule has 2 aromatic heterocycles. The number of rotatable bonds is 3. The van der Waals surface area contributed by atoms with Crippen LogP contribution in [0.4, 0.5) is 8.78 Å². The van der Waals surface area contributed by atoms with Crippen molar-refractivity contribution in [1.82, 2.24) is 14.6 Å². The number of imidazole rings is 1. The SMILES string of the molecule is O[C@H]1CO[C@@H](c2ccccc2OC(F)F)c2c1nc1ccc(Cl)nn21. The van der Waals surface area contributed by atoms with E-state index in [1.165, 1.54) is 10.6 Å². The normalized spacial score (nSPS) is 20.0. The molecule has 0 saturated carbocycles. The van der Waals surface area contributed by atoms with Gasteiger partial charge in [0, 0.05) is 5.56 Å². The summed E-state index contributed by atoms with van der Waals surface area (Å²) in [5.41, 5.74) is 1.66. The third-order valence-corrected chi connectivity index (χ3v) is 4.11. The molecule has 3 aromatic rings. The zero-order chi connectivity index (χ0) is 17.6. The van der Waals surface area contributed by atoms with Gasteiger partial charge >= 0.3 is 6.61 Å². The first-order valence-electron chi connectivity index (χ1n) is 7.43. The van der Waals surface area contributed by atoms with Crippen molar-refractivity contribution in [2.75, 3.05) is 6.61 Å². The maximum Gasteiger partial charge on any atom is 0.387 e. The molecule has 4 rings (SSSR count). The first-order valence-corrected chi connectivity index (χ1v) is 7.81. The van der Waals surface area contributed by atoms with Crippen molar-refractivity contribution in [1.29, 1.82) is 0 Å². The number of aliphatic hydroxyl groups is 1. The van der Waals surface area contributed by atoms with Gasteiger partial charge in [-0.25, -0.2) is 9.50 Å². The van der Waals surface area contributed by atoms with Gasteiger partial charge < -0.3 is 14.6 Å². The quantitative estimate of drug-likeness (QED) is 0.770. The van der Waals surface area contributed by atoms with Crippen LogP contribution in [0.3, 0.4) is 0 Å². The molecule has 0 radical (unpaired) electrons. The fraction of sp³-hybridized carbons (Fsp3) is 0.250. The maximum atomic E-state index is 12.7. The highest BCUT2D eigenvalue weighted by Crippen LogP contribution is 2.40. The number of aromatic nitrogens is 3. The smallest absolute Gasteiger partial charge is 0.387 e. The van der Waals surface area contributed by atoms with Gasteiger partial charge in [0.1, 0.15) is 28.8 Å². The lowest BCUT2D eigenvalue weighted by molar-refractivity contribution is -0.0549. The van der Waals surface area contributed by atoms with Crippen LogP contribution in [-0.2, 0) is 4.74 Å². The fourth-order valence-electron chi connectivity index (χ4n) is 2.92. The second-order valence-electron chi connectivity index (χ2n) is 5.45. The summed E-state index contributed by atoms with van der Waals surface area (Å²) < 4.78 is 37.2. The molecular weight excluding hydrogens is 356 g/mol. The van der Waals surface area contributed by atoms with E-state index in [9.17, 15) is 13.9 Å². The number of halogens is 3. The van der Waals surface area contributed by atoms with Crippen molar-refractivity contribution >= 4 is 17.2 Å². The average molecular weight is 368 g/mol. The summed E-state index contributed by atoms with van der Waals surface area (Å²) in [7, 11) is 0. The fourth-order valence-corrected chi connectivity index (χ4v) is 3.06. The van der Waals surface area contributed by atoms with E-state index in [4.69, 9.17) is 16.3 Å². The summed E-state index contributed by atoms with van der Waals surface area (Å²) in [6.45, 7) is -3.00. The molecule has 0 aliphatic carbocycles. The predicted molar refractivity (Wildman–Crippen MR) is 83.8 cm³/mol. The van der Waals surface area contributed by atoms with Crippen LogP contribution in [0, 0.1) is 0 Å².